The van der Waals surface area contributed by atoms with Gasteiger partial charge in [0.25, 0.3) is 0 Å². The number of aromatic amines is 1. The third kappa shape index (κ3) is 1.49. The summed E-state index contributed by atoms with van der Waals surface area (Å²) in [6.07, 6.45) is 4.98. The number of hydrogen-bond acceptors (Lipinski definition) is 3. The van der Waals surface area contributed by atoms with E-state index in [2.05, 4.69) is 16.0 Å². The van der Waals surface area contributed by atoms with Crippen LogP contribution in [-0.2, 0) is 0 Å². The van der Waals surface area contributed by atoms with E-state index in [4.69, 9.17) is 4.42 Å². The third-order valence-corrected chi connectivity index (χ3v) is 2.74. The van der Waals surface area contributed by atoms with Gasteiger partial charge in [-0.15, -0.1) is 0 Å². The van der Waals surface area contributed by atoms with Gasteiger partial charge in [0.2, 0.25) is 0 Å². The van der Waals surface area contributed by atoms with E-state index in [-0.39, 0.29) is 0 Å². The van der Waals surface area contributed by atoms with Crippen molar-refractivity contribution in [2.45, 2.75) is 5.92 Å². The van der Waals surface area contributed by atoms with Gasteiger partial charge in [-0.3, -0.25) is 0 Å². The van der Waals surface area contributed by atoms with E-state index in [0.29, 0.717) is 5.82 Å². The first-order chi connectivity index (χ1) is 8.40. The zero-order valence-electron chi connectivity index (χ0n) is 8.92. The number of nitrogens with one attached hydrogen (secondary N) is 1. The smallest absolute Gasteiger partial charge is 0.134 e. The van der Waals surface area contributed by atoms with E-state index < -0.39 is 5.92 Å². The van der Waals surface area contributed by atoms with Gasteiger partial charge >= 0.3 is 0 Å². The Bertz CT molecular complexity index is 676. The van der Waals surface area contributed by atoms with Crippen molar-refractivity contribution in [3.05, 3.63) is 54.3 Å². The van der Waals surface area contributed by atoms with Gasteiger partial charge in [0.1, 0.15) is 17.3 Å². The first kappa shape index (κ1) is 9.67. The van der Waals surface area contributed by atoms with Gasteiger partial charge in [0, 0.05) is 23.3 Å². The lowest BCUT2D eigenvalue weighted by Gasteiger charge is -2.03. The summed E-state index contributed by atoms with van der Waals surface area (Å²) in [5.41, 5.74) is 1.63. The van der Waals surface area contributed by atoms with Gasteiger partial charge in [-0.05, 0) is 6.07 Å². The molecule has 0 saturated heterocycles. The number of fused-ring (bicyclic) bond motifs is 1. The molecule has 0 aliphatic carbocycles. The van der Waals surface area contributed by atoms with E-state index in [0.717, 1.165) is 16.5 Å². The second-order valence-corrected chi connectivity index (χ2v) is 3.72. The third-order valence-electron chi connectivity index (χ3n) is 2.74. The van der Waals surface area contributed by atoms with Crippen LogP contribution < -0.4 is 0 Å². The van der Waals surface area contributed by atoms with Crippen molar-refractivity contribution in [2.24, 2.45) is 0 Å². The quantitative estimate of drug-likeness (QED) is 0.726. The van der Waals surface area contributed by atoms with Crippen LogP contribution in [0.2, 0.25) is 0 Å². The molecule has 1 aromatic carbocycles. The molecule has 3 aromatic rings. The van der Waals surface area contributed by atoms with E-state index in [1.807, 2.05) is 24.3 Å². The summed E-state index contributed by atoms with van der Waals surface area (Å²) in [7, 11) is 0. The molecule has 0 aliphatic heterocycles. The summed E-state index contributed by atoms with van der Waals surface area (Å²) >= 11 is 0. The van der Waals surface area contributed by atoms with Crippen LogP contribution in [0.3, 0.4) is 0 Å². The molecule has 17 heavy (non-hydrogen) atoms. The molecule has 0 aliphatic rings. The molecule has 3 rings (SSSR count). The highest BCUT2D eigenvalue weighted by atomic mass is 16.3. The molecule has 0 amide bonds. The number of aromatic nitrogens is 2. The Hall–Kier alpha value is -2.54. The molecule has 4 heteroatoms. The Kier molecular flexibility index (Phi) is 2.16. The second-order valence-electron chi connectivity index (χ2n) is 3.72. The average molecular weight is 223 g/mol. The normalized spacial score (nSPS) is 12.4. The van der Waals surface area contributed by atoms with Gasteiger partial charge < -0.3 is 9.40 Å². The summed E-state index contributed by atoms with van der Waals surface area (Å²) in [6.45, 7) is 0. The average Bonchev–Trinajstić information content (AvgIpc) is 3.01. The lowest BCUT2D eigenvalue weighted by Crippen LogP contribution is -1.99. The van der Waals surface area contributed by atoms with Crippen molar-refractivity contribution in [3.8, 4) is 6.07 Å². The number of nitrogens with zero attached hydrogens (tertiary/aromatic N) is 2. The number of nitriles is 1. The van der Waals surface area contributed by atoms with Gasteiger partial charge in [0.15, 0.2) is 0 Å². The van der Waals surface area contributed by atoms with Crippen LogP contribution in [0, 0.1) is 11.3 Å². The lowest BCUT2D eigenvalue weighted by atomic mass is 9.99. The number of hydrogen-bond donors (Lipinski definition) is 1. The summed E-state index contributed by atoms with van der Waals surface area (Å²) in [6, 6.07) is 9.91. The van der Waals surface area contributed by atoms with E-state index in [9.17, 15) is 5.26 Å². The van der Waals surface area contributed by atoms with Gasteiger partial charge in [-0.25, -0.2) is 4.98 Å². The molecule has 2 aromatic heterocycles. The zero-order chi connectivity index (χ0) is 11.7. The summed E-state index contributed by atoms with van der Waals surface area (Å²) in [5, 5.41) is 10.2. The van der Waals surface area contributed by atoms with E-state index in [1.165, 1.54) is 0 Å². The minimum atomic E-state index is -0.423. The predicted octanol–water partition coefficient (Wildman–Crippen LogP) is 2.81. The maximum Gasteiger partial charge on any atom is 0.134 e. The van der Waals surface area contributed by atoms with Crippen LogP contribution >= 0.6 is 0 Å². The molecule has 0 saturated carbocycles. The fourth-order valence-corrected chi connectivity index (χ4v) is 1.94. The molecular weight excluding hydrogens is 214 g/mol. The number of furan rings is 1. The summed E-state index contributed by atoms with van der Waals surface area (Å²) in [4.78, 5) is 7.10. The Morgan fingerprint density at radius 2 is 2.24 bits per heavy atom. The SMILES string of the molecule is N#CC(c1ncc[nH]1)c1coc2ccccc12. The molecule has 0 spiro atoms. The molecule has 2 heterocycles. The molecule has 0 radical (unpaired) electrons. The number of H-pyrrole nitrogens is 1. The zero-order valence-corrected chi connectivity index (χ0v) is 8.92. The Morgan fingerprint density at radius 1 is 1.35 bits per heavy atom. The van der Waals surface area contributed by atoms with Crippen molar-refractivity contribution in [1.82, 2.24) is 9.97 Å². The van der Waals surface area contributed by atoms with Crippen molar-refractivity contribution in [3.63, 3.8) is 0 Å². The molecular formula is C13H9N3O. The molecule has 4 nitrogen and oxygen atoms in total. The largest absolute Gasteiger partial charge is 0.464 e. The Labute approximate surface area is 97.5 Å². The second kappa shape index (κ2) is 3.80. The maximum absolute atomic E-state index is 9.28. The molecule has 0 fully saturated rings. The summed E-state index contributed by atoms with van der Waals surface area (Å²) in [5.74, 6) is 0.215. The Balaban J connectivity index is 2.18. The minimum Gasteiger partial charge on any atom is -0.464 e. The standard InChI is InChI=1S/C13H9N3O/c14-7-10(13-15-5-6-16-13)11-8-17-12-4-2-1-3-9(11)12/h1-6,8,10H,(H,15,16). The van der Waals surface area contributed by atoms with Crippen LogP contribution in [0.5, 0.6) is 0 Å². The fraction of sp³-hybridized carbons (Fsp3) is 0.0769. The fourth-order valence-electron chi connectivity index (χ4n) is 1.94. The van der Waals surface area contributed by atoms with Crippen molar-refractivity contribution < 1.29 is 4.42 Å². The van der Waals surface area contributed by atoms with Crippen LogP contribution in [-0.4, -0.2) is 9.97 Å². The van der Waals surface area contributed by atoms with Crippen molar-refractivity contribution in [1.29, 1.82) is 5.26 Å². The van der Waals surface area contributed by atoms with Gasteiger partial charge in [-0.1, -0.05) is 18.2 Å². The lowest BCUT2D eigenvalue weighted by molar-refractivity contribution is 0.609. The van der Waals surface area contributed by atoms with Gasteiger partial charge in [0.05, 0.1) is 12.3 Å². The van der Waals surface area contributed by atoms with Crippen LogP contribution in [0.4, 0.5) is 0 Å². The highest BCUT2D eigenvalue weighted by molar-refractivity contribution is 5.82. The number of para-hydroxylation sites is 1. The highest BCUT2D eigenvalue weighted by Crippen LogP contribution is 2.30. The number of imidazole rings is 1. The van der Waals surface area contributed by atoms with Crippen LogP contribution in [0.1, 0.15) is 17.3 Å². The monoisotopic (exact) mass is 223 g/mol. The van der Waals surface area contributed by atoms with Crippen molar-refractivity contribution >= 4 is 11.0 Å². The molecule has 1 N–H and O–H groups in total. The van der Waals surface area contributed by atoms with E-state index in [1.54, 1.807) is 18.7 Å². The molecule has 1 unspecified atom stereocenters. The first-order valence-electron chi connectivity index (χ1n) is 5.25. The Morgan fingerprint density at radius 3 is 3.00 bits per heavy atom. The maximum atomic E-state index is 9.28. The topological polar surface area (TPSA) is 65.6 Å². The van der Waals surface area contributed by atoms with Crippen LogP contribution in [0.25, 0.3) is 11.0 Å². The molecule has 82 valence electrons. The van der Waals surface area contributed by atoms with Gasteiger partial charge in [-0.2, -0.15) is 5.26 Å². The van der Waals surface area contributed by atoms with Crippen molar-refractivity contribution in [2.75, 3.05) is 0 Å². The first-order valence-corrected chi connectivity index (χ1v) is 5.25. The highest BCUT2D eigenvalue weighted by Gasteiger charge is 2.20. The minimum absolute atomic E-state index is 0.423. The number of benzene rings is 1. The molecule has 1 atom stereocenters. The van der Waals surface area contributed by atoms with Crippen LogP contribution in [0.15, 0.2) is 47.3 Å². The summed E-state index contributed by atoms with van der Waals surface area (Å²) < 4.78 is 5.44. The van der Waals surface area contributed by atoms with E-state index >= 15 is 0 Å². The number of rotatable bonds is 2. The molecule has 0 bridgehead atoms. The predicted molar refractivity (Wildman–Crippen MR) is 62.3 cm³/mol.